The number of nitriles is 1. The molecular weight excluding hydrogens is 286 g/mol. The fourth-order valence-corrected chi connectivity index (χ4v) is 2.45. The smallest absolute Gasteiger partial charge is 0.319 e. The maximum atomic E-state index is 11.7. The van der Waals surface area contributed by atoms with E-state index in [1.807, 2.05) is 16.8 Å². The molecule has 3 N–H and O–H groups in total. The number of hydrogen-bond donors (Lipinski definition) is 3. The maximum Gasteiger partial charge on any atom is 0.319 e. The Hall–Kier alpha value is -2.36. The Morgan fingerprint density at radius 2 is 2.10 bits per heavy atom. The highest BCUT2D eigenvalue weighted by atomic mass is 32.1. The van der Waals surface area contributed by atoms with E-state index in [0.717, 1.165) is 11.1 Å². The van der Waals surface area contributed by atoms with Crippen molar-refractivity contribution in [2.24, 2.45) is 0 Å². The van der Waals surface area contributed by atoms with Gasteiger partial charge in [-0.3, -0.25) is 0 Å². The van der Waals surface area contributed by atoms with Gasteiger partial charge in [0.05, 0.1) is 18.6 Å². The minimum absolute atomic E-state index is 0.148. The number of thiophene rings is 1. The number of amides is 2. The lowest BCUT2D eigenvalue weighted by atomic mass is 10.1. The van der Waals surface area contributed by atoms with Gasteiger partial charge in [-0.25, -0.2) is 4.79 Å². The maximum absolute atomic E-state index is 11.7. The molecule has 0 radical (unpaired) electrons. The lowest BCUT2D eigenvalue weighted by molar-refractivity contribution is 0.175. The van der Waals surface area contributed by atoms with E-state index < -0.39 is 6.10 Å². The number of rotatable bonds is 5. The first kappa shape index (κ1) is 15.0. The van der Waals surface area contributed by atoms with Crippen LogP contribution in [0.25, 0.3) is 0 Å². The lowest BCUT2D eigenvalue weighted by Gasteiger charge is -2.11. The monoisotopic (exact) mass is 301 g/mol. The van der Waals surface area contributed by atoms with E-state index in [0.29, 0.717) is 12.1 Å². The Kier molecular flexibility index (Phi) is 5.32. The van der Waals surface area contributed by atoms with Crippen molar-refractivity contribution in [3.8, 4) is 6.07 Å². The Morgan fingerprint density at radius 3 is 2.71 bits per heavy atom. The van der Waals surface area contributed by atoms with Crippen LogP contribution in [0, 0.1) is 11.3 Å². The fourth-order valence-electron chi connectivity index (χ4n) is 1.74. The zero-order valence-corrected chi connectivity index (χ0v) is 12.1. The van der Waals surface area contributed by atoms with Crippen LogP contribution in [0.5, 0.6) is 0 Å². The van der Waals surface area contributed by atoms with Crippen molar-refractivity contribution in [1.82, 2.24) is 5.32 Å². The van der Waals surface area contributed by atoms with E-state index in [9.17, 15) is 9.90 Å². The summed E-state index contributed by atoms with van der Waals surface area (Å²) < 4.78 is 0. The van der Waals surface area contributed by atoms with Gasteiger partial charge in [0.2, 0.25) is 0 Å². The van der Waals surface area contributed by atoms with Gasteiger partial charge < -0.3 is 15.7 Å². The van der Waals surface area contributed by atoms with Gasteiger partial charge in [0, 0.05) is 12.2 Å². The quantitative estimate of drug-likeness (QED) is 0.793. The van der Waals surface area contributed by atoms with Gasteiger partial charge >= 0.3 is 6.03 Å². The van der Waals surface area contributed by atoms with Gasteiger partial charge in [-0.05, 0) is 40.1 Å². The predicted molar refractivity (Wildman–Crippen MR) is 82.1 cm³/mol. The van der Waals surface area contributed by atoms with Gasteiger partial charge in [-0.2, -0.15) is 16.6 Å². The van der Waals surface area contributed by atoms with Crippen molar-refractivity contribution in [3.63, 3.8) is 0 Å². The molecule has 5 nitrogen and oxygen atoms in total. The average Bonchev–Trinajstić information content (AvgIpc) is 3.01. The summed E-state index contributed by atoms with van der Waals surface area (Å²) in [6.07, 6.45) is -0.362. The molecule has 0 spiro atoms. The number of carbonyl (C=O) groups excluding carboxylic acids is 1. The molecule has 0 bridgehead atoms. The molecule has 0 aliphatic carbocycles. The summed E-state index contributed by atoms with van der Waals surface area (Å²) in [5.41, 5.74) is 2.33. The molecule has 0 saturated heterocycles. The van der Waals surface area contributed by atoms with Crippen LogP contribution >= 0.6 is 11.3 Å². The molecule has 0 aliphatic heterocycles. The fraction of sp³-hybridized carbons (Fsp3) is 0.200. The summed E-state index contributed by atoms with van der Waals surface area (Å²) >= 11 is 1.50. The van der Waals surface area contributed by atoms with Crippen molar-refractivity contribution in [2.75, 3.05) is 11.9 Å². The van der Waals surface area contributed by atoms with E-state index in [1.165, 1.54) is 11.3 Å². The van der Waals surface area contributed by atoms with Crippen LogP contribution in [0.3, 0.4) is 0 Å². The van der Waals surface area contributed by atoms with Crippen LogP contribution < -0.4 is 10.6 Å². The van der Waals surface area contributed by atoms with Gasteiger partial charge in [-0.15, -0.1) is 0 Å². The molecule has 1 unspecified atom stereocenters. The topological polar surface area (TPSA) is 85.2 Å². The zero-order chi connectivity index (χ0) is 15.1. The molecular formula is C15H15N3O2S. The van der Waals surface area contributed by atoms with Gasteiger partial charge in [0.1, 0.15) is 0 Å². The predicted octanol–water partition coefficient (Wildman–Crippen LogP) is 2.67. The van der Waals surface area contributed by atoms with Gasteiger partial charge in [0.25, 0.3) is 0 Å². The third-order valence-corrected chi connectivity index (χ3v) is 3.58. The van der Waals surface area contributed by atoms with Gasteiger partial charge in [0.15, 0.2) is 0 Å². The summed E-state index contributed by atoms with van der Waals surface area (Å²) in [5.74, 6) is 0. The first-order chi connectivity index (χ1) is 10.2. The summed E-state index contributed by atoms with van der Waals surface area (Å²) in [5, 5.41) is 27.4. The number of hydrogen-bond acceptors (Lipinski definition) is 4. The highest BCUT2D eigenvalue weighted by Crippen LogP contribution is 2.15. The third-order valence-electron chi connectivity index (χ3n) is 2.88. The highest BCUT2D eigenvalue weighted by Gasteiger charge is 2.09. The molecule has 21 heavy (non-hydrogen) atoms. The van der Waals surface area contributed by atoms with Crippen molar-refractivity contribution in [1.29, 1.82) is 5.26 Å². The molecule has 6 heteroatoms. The third kappa shape index (κ3) is 4.60. The van der Waals surface area contributed by atoms with E-state index in [-0.39, 0.29) is 12.6 Å². The first-order valence-corrected chi connectivity index (χ1v) is 7.34. The normalized spacial score (nSPS) is 11.4. The summed E-state index contributed by atoms with van der Waals surface area (Å²) in [4.78, 5) is 11.7. The van der Waals surface area contributed by atoms with Crippen LogP contribution in [0.15, 0.2) is 41.1 Å². The molecule has 0 fully saturated rings. The molecule has 2 amide bonds. The van der Waals surface area contributed by atoms with Crippen LogP contribution in [0.1, 0.15) is 17.2 Å². The second-order valence-electron chi connectivity index (χ2n) is 4.44. The SMILES string of the molecule is N#CCc1ccc(NC(=O)NCC(O)c2ccsc2)cc1. The van der Waals surface area contributed by atoms with Crippen LogP contribution in [-0.4, -0.2) is 17.7 Å². The number of aliphatic hydroxyl groups excluding tert-OH is 1. The van der Waals surface area contributed by atoms with Crippen LogP contribution in [-0.2, 0) is 6.42 Å². The number of nitrogens with zero attached hydrogens (tertiary/aromatic N) is 1. The molecule has 1 aromatic carbocycles. The second-order valence-corrected chi connectivity index (χ2v) is 5.22. The average molecular weight is 301 g/mol. The number of carbonyl (C=O) groups is 1. The second kappa shape index (κ2) is 7.43. The number of nitrogens with one attached hydrogen (secondary N) is 2. The van der Waals surface area contributed by atoms with Gasteiger partial charge in [-0.1, -0.05) is 12.1 Å². The number of anilines is 1. The summed E-state index contributed by atoms with van der Waals surface area (Å²) in [7, 11) is 0. The lowest BCUT2D eigenvalue weighted by Crippen LogP contribution is -2.32. The van der Waals surface area contributed by atoms with Crippen LogP contribution in [0.4, 0.5) is 10.5 Å². The molecule has 2 aromatic rings. The molecule has 1 aromatic heterocycles. The highest BCUT2D eigenvalue weighted by molar-refractivity contribution is 7.07. The standard InChI is InChI=1S/C15H15N3O2S/c16-7-5-11-1-3-13(4-2-11)18-15(20)17-9-14(19)12-6-8-21-10-12/h1-4,6,8,10,14,19H,5,9H2,(H2,17,18,20). The summed E-state index contributed by atoms with van der Waals surface area (Å²) in [6, 6.07) is 10.6. The molecule has 108 valence electrons. The molecule has 0 aliphatic rings. The number of benzene rings is 1. The Morgan fingerprint density at radius 1 is 1.33 bits per heavy atom. The molecule has 2 rings (SSSR count). The Balaban J connectivity index is 1.80. The summed E-state index contributed by atoms with van der Waals surface area (Å²) in [6.45, 7) is 0.148. The zero-order valence-electron chi connectivity index (χ0n) is 11.2. The number of aliphatic hydroxyl groups is 1. The Labute approximate surface area is 126 Å². The van der Waals surface area contributed by atoms with E-state index in [2.05, 4.69) is 16.7 Å². The van der Waals surface area contributed by atoms with E-state index in [1.54, 1.807) is 24.3 Å². The Bertz CT molecular complexity index is 617. The molecule has 1 heterocycles. The van der Waals surface area contributed by atoms with Crippen molar-refractivity contribution in [2.45, 2.75) is 12.5 Å². The first-order valence-electron chi connectivity index (χ1n) is 6.40. The van der Waals surface area contributed by atoms with Crippen molar-refractivity contribution in [3.05, 3.63) is 52.2 Å². The molecule has 1 atom stereocenters. The minimum atomic E-state index is -0.708. The number of urea groups is 1. The van der Waals surface area contributed by atoms with Crippen molar-refractivity contribution < 1.29 is 9.90 Å². The molecule has 0 saturated carbocycles. The van der Waals surface area contributed by atoms with E-state index in [4.69, 9.17) is 5.26 Å². The van der Waals surface area contributed by atoms with Crippen LogP contribution in [0.2, 0.25) is 0 Å². The largest absolute Gasteiger partial charge is 0.387 e. The minimum Gasteiger partial charge on any atom is -0.387 e. The van der Waals surface area contributed by atoms with E-state index >= 15 is 0 Å². The van der Waals surface area contributed by atoms with Crippen molar-refractivity contribution >= 4 is 23.1 Å².